The van der Waals surface area contributed by atoms with Crippen molar-refractivity contribution in [3.8, 4) is 10.6 Å². The van der Waals surface area contributed by atoms with E-state index in [1.807, 2.05) is 17.5 Å². The molecule has 1 N–H and O–H groups in total. The van der Waals surface area contributed by atoms with Crippen molar-refractivity contribution in [3.05, 3.63) is 65.1 Å². The maximum Gasteiger partial charge on any atom is 0.416 e. The van der Waals surface area contributed by atoms with Crippen LogP contribution in [0.3, 0.4) is 0 Å². The van der Waals surface area contributed by atoms with Crippen LogP contribution in [0, 0.1) is 0 Å². The minimum Gasteiger partial charge on any atom is -0.468 e. The standard InChI is InChI=1S/C16H13F3N2OS/c17-16(18,19)12-5-3-11(4-6-12)15-21-13(10-23-15)8-20-9-14-2-1-7-22-14/h1-7,10,20H,8-9H2. The van der Waals surface area contributed by atoms with E-state index in [1.54, 1.807) is 6.26 Å². The van der Waals surface area contributed by atoms with Gasteiger partial charge in [0.1, 0.15) is 10.8 Å². The molecule has 0 bridgehead atoms. The van der Waals surface area contributed by atoms with Gasteiger partial charge in [-0.1, -0.05) is 12.1 Å². The van der Waals surface area contributed by atoms with Gasteiger partial charge in [0, 0.05) is 17.5 Å². The number of alkyl halides is 3. The van der Waals surface area contributed by atoms with E-state index in [4.69, 9.17) is 4.42 Å². The summed E-state index contributed by atoms with van der Waals surface area (Å²) in [5, 5.41) is 5.79. The summed E-state index contributed by atoms with van der Waals surface area (Å²) in [6, 6.07) is 8.74. The molecule has 3 nitrogen and oxygen atoms in total. The normalized spacial score (nSPS) is 11.8. The fourth-order valence-electron chi connectivity index (χ4n) is 2.05. The summed E-state index contributed by atoms with van der Waals surface area (Å²) in [7, 11) is 0. The summed E-state index contributed by atoms with van der Waals surface area (Å²) in [6.07, 6.45) is -2.70. The number of benzene rings is 1. The Morgan fingerprint density at radius 1 is 1.09 bits per heavy atom. The van der Waals surface area contributed by atoms with E-state index in [0.29, 0.717) is 23.7 Å². The van der Waals surface area contributed by atoms with Crippen molar-refractivity contribution < 1.29 is 17.6 Å². The fourth-order valence-corrected chi connectivity index (χ4v) is 2.88. The Bertz CT molecular complexity index is 748. The molecule has 1 aromatic carbocycles. The predicted octanol–water partition coefficient (Wildman–Crippen LogP) is 4.71. The monoisotopic (exact) mass is 338 g/mol. The summed E-state index contributed by atoms with van der Waals surface area (Å²) in [5.41, 5.74) is 0.870. The van der Waals surface area contributed by atoms with Crippen LogP contribution in [0.5, 0.6) is 0 Å². The van der Waals surface area contributed by atoms with Crippen LogP contribution in [0.1, 0.15) is 17.0 Å². The van der Waals surface area contributed by atoms with E-state index < -0.39 is 11.7 Å². The van der Waals surface area contributed by atoms with Crippen molar-refractivity contribution in [2.24, 2.45) is 0 Å². The lowest BCUT2D eigenvalue weighted by atomic mass is 10.1. The SMILES string of the molecule is FC(F)(F)c1ccc(-c2nc(CNCc3ccco3)cs2)cc1. The molecular weight excluding hydrogens is 325 g/mol. The van der Waals surface area contributed by atoms with Crippen molar-refractivity contribution in [2.45, 2.75) is 19.3 Å². The highest BCUT2D eigenvalue weighted by molar-refractivity contribution is 7.13. The van der Waals surface area contributed by atoms with Crippen LogP contribution in [0.2, 0.25) is 0 Å². The first-order chi connectivity index (χ1) is 11.0. The molecule has 23 heavy (non-hydrogen) atoms. The van der Waals surface area contributed by atoms with Crippen LogP contribution >= 0.6 is 11.3 Å². The third-order valence-electron chi connectivity index (χ3n) is 3.20. The van der Waals surface area contributed by atoms with Gasteiger partial charge in [-0.2, -0.15) is 13.2 Å². The Balaban J connectivity index is 1.62. The van der Waals surface area contributed by atoms with Gasteiger partial charge in [0.05, 0.1) is 24.1 Å². The molecule has 0 aliphatic carbocycles. The van der Waals surface area contributed by atoms with Crippen molar-refractivity contribution in [1.29, 1.82) is 0 Å². The van der Waals surface area contributed by atoms with Crippen LogP contribution in [-0.4, -0.2) is 4.98 Å². The summed E-state index contributed by atoms with van der Waals surface area (Å²) in [5.74, 6) is 0.836. The van der Waals surface area contributed by atoms with E-state index in [0.717, 1.165) is 23.6 Å². The van der Waals surface area contributed by atoms with Gasteiger partial charge in [0.2, 0.25) is 0 Å². The van der Waals surface area contributed by atoms with Gasteiger partial charge < -0.3 is 9.73 Å². The molecule has 2 heterocycles. The van der Waals surface area contributed by atoms with Gasteiger partial charge >= 0.3 is 6.18 Å². The predicted molar refractivity (Wildman–Crippen MR) is 81.8 cm³/mol. The minimum absolute atomic E-state index is 0.567. The molecule has 2 aromatic heterocycles. The number of hydrogen-bond acceptors (Lipinski definition) is 4. The summed E-state index contributed by atoms with van der Waals surface area (Å²) >= 11 is 1.41. The van der Waals surface area contributed by atoms with Crippen molar-refractivity contribution >= 4 is 11.3 Å². The summed E-state index contributed by atoms with van der Waals surface area (Å²) < 4.78 is 42.9. The largest absolute Gasteiger partial charge is 0.468 e. The van der Waals surface area contributed by atoms with Crippen molar-refractivity contribution in [2.75, 3.05) is 0 Å². The number of thiazole rings is 1. The Kier molecular flexibility index (Phi) is 4.49. The highest BCUT2D eigenvalue weighted by atomic mass is 32.1. The molecular formula is C16H13F3N2OS. The first-order valence-electron chi connectivity index (χ1n) is 6.87. The zero-order chi connectivity index (χ0) is 16.3. The molecule has 7 heteroatoms. The molecule has 0 aliphatic heterocycles. The van der Waals surface area contributed by atoms with Crippen molar-refractivity contribution in [1.82, 2.24) is 10.3 Å². The third kappa shape index (κ3) is 4.00. The lowest BCUT2D eigenvalue weighted by molar-refractivity contribution is -0.137. The van der Waals surface area contributed by atoms with Gasteiger partial charge in [0.25, 0.3) is 0 Å². The average Bonchev–Trinajstić information content (AvgIpc) is 3.18. The molecule has 3 rings (SSSR count). The zero-order valence-corrected chi connectivity index (χ0v) is 12.7. The Hall–Kier alpha value is -2.12. The second-order valence-corrected chi connectivity index (χ2v) is 5.76. The number of nitrogens with zero attached hydrogens (tertiary/aromatic N) is 1. The summed E-state index contributed by atoms with van der Waals surface area (Å²) in [4.78, 5) is 4.44. The number of furan rings is 1. The Labute approximate surface area is 134 Å². The fraction of sp³-hybridized carbons (Fsp3) is 0.188. The lowest BCUT2D eigenvalue weighted by Crippen LogP contribution is -2.12. The molecule has 0 unspecified atom stereocenters. The zero-order valence-electron chi connectivity index (χ0n) is 11.9. The van der Waals surface area contributed by atoms with Crippen LogP contribution < -0.4 is 5.32 Å². The highest BCUT2D eigenvalue weighted by Gasteiger charge is 2.30. The van der Waals surface area contributed by atoms with Gasteiger partial charge in [-0.15, -0.1) is 11.3 Å². The number of hydrogen-bond donors (Lipinski definition) is 1. The van der Waals surface area contributed by atoms with E-state index in [1.165, 1.54) is 23.5 Å². The molecule has 0 fully saturated rings. The second-order valence-electron chi connectivity index (χ2n) is 4.90. The van der Waals surface area contributed by atoms with Gasteiger partial charge in [-0.3, -0.25) is 0 Å². The quantitative estimate of drug-likeness (QED) is 0.732. The highest BCUT2D eigenvalue weighted by Crippen LogP contribution is 2.31. The van der Waals surface area contributed by atoms with Gasteiger partial charge in [-0.25, -0.2) is 4.98 Å². The number of halogens is 3. The number of aromatic nitrogens is 1. The molecule has 0 amide bonds. The number of rotatable bonds is 5. The third-order valence-corrected chi connectivity index (χ3v) is 4.14. The van der Waals surface area contributed by atoms with Crippen molar-refractivity contribution in [3.63, 3.8) is 0 Å². The molecule has 0 atom stereocenters. The molecule has 0 saturated heterocycles. The topological polar surface area (TPSA) is 38.1 Å². The first-order valence-corrected chi connectivity index (χ1v) is 7.75. The maximum absolute atomic E-state index is 12.6. The molecule has 0 aliphatic rings. The maximum atomic E-state index is 12.6. The minimum atomic E-state index is -4.32. The van der Waals surface area contributed by atoms with Crippen LogP contribution in [0.25, 0.3) is 10.6 Å². The lowest BCUT2D eigenvalue weighted by Gasteiger charge is -2.06. The van der Waals surface area contributed by atoms with Gasteiger partial charge in [0.15, 0.2) is 0 Å². The Morgan fingerprint density at radius 3 is 2.52 bits per heavy atom. The molecule has 0 spiro atoms. The van der Waals surface area contributed by atoms with E-state index >= 15 is 0 Å². The average molecular weight is 338 g/mol. The van der Waals surface area contributed by atoms with Crippen LogP contribution in [0.15, 0.2) is 52.5 Å². The van der Waals surface area contributed by atoms with E-state index in [9.17, 15) is 13.2 Å². The molecule has 3 aromatic rings. The van der Waals surface area contributed by atoms with E-state index in [-0.39, 0.29) is 0 Å². The molecule has 0 saturated carbocycles. The second kappa shape index (κ2) is 6.55. The van der Waals surface area contributed by atoms with E-state index in [2.05, 4.69) is 10.3 Å². The van der Waals surface area contributed by atoms with Crippen LogP contribution in [-0.2, 0) is 19.3 Å². The molecule has 0 radical (unpaired) electrons. The van der Waals surface area contributed by atoms with Crippen LogP contribution in [0.4, 0.5) is 13.2 Å². The smallest absolute Gasteiger partial charge is 0.416 e. The Morgan fingerprint density at radius 2 is 1.87 bits per heavy atom. The molecule has 120 valence electrons. The first kappa shape index (κ1) is 15.8. The summed E-state index contributed by atoms with van der Waals surface area (Å²) in [6.45, 7) is 1.16. The van der Waals surface area contributed by atoms with Gasteiger partial charge in [-0.05, 0) is 24.3 Å². The number of nitrogens with one attached hydrogen (secondary N) is 1.